The lowest BCUT2D eigenvalue weighted by Gasteiger charge is -2.00. The van der Waals surface area contributed by atoms with E-state index < -0.39 is 12.6 Å². The van der Waals surface area contributed by atoms with Gasteiger partial charge in [0.2, 0.25) is 0 Å². The number of carboxylic acids is 1. The Morgan fingerprint density at radius 3 is 2.62 bits per heavy atom. The van der Waals surface area contributed by atoms with Gasteiger partial charge in [-0.15, -0.1) is 11.3 Å². The fourth-order valence-corrected chi connectivity index (χ4v) is 2.89. The summed E-state index contributed by atoms with van der Waals surface area (Å²) >= 11 is 15.8. The van der Waals surface area contributed by atoms with Gasteiger partial charge in [0.1, 0.15) is 9.36 Å². The maximum atomic E-state index is 10.2. The van der Waals surface area contributed by atoms with Gasteiger partial charge in [-0.05, 0) is 15.9 Å². The lowest BCUT2D eigenvalue weighted by atomic mass is 10.6. The minimum atomic E-state index is -1.07. The van der Waals surface area contributed by atoms with Crippen LogP contribution in [0.15, 0.2) is 3.79 Å². The molecule has 1 rings (SSSR count). The zero-order chi connectivity index (χ0) is 10.0. The maximum absolute atomic E-state index is 10.2. The predicted octanol–water partition coefficient (Wildman–Crippen LogP) is 3.28. The molecule has 0 aliphatic carbocycles. The van der Waals surface area contributed by atoms with Crippen LogP contribution >= 0.6 is 50.5 Å². The Bertz CT molecular complexity index is 339. The molecule has 72 valence electrons. The maximum Gasteiger partial charge on any atom is 0.341 e. The molecular weight excluding hydrogens is 303 g/mol. The SMILES string of the molecule is O=C(O)COc1c(Cl)sc(Br)c1Cl. The highest BCUT2D eigenvalue weighted by atomic mass is 79.9. The van der Waals surface area contributed by atoms with Crippen molar-refractivity contribution in [3.05, 3.63) is 13.1 Å². The van der Waals surface area contributed by atoms with Gasteiger partial charge in [0.05, 0.1) is 3.79 Å². The fourth-order valence-electron chi connectivity index (χ4n) is 0.599. The second kappa shape index (κ2) is 4.50. The molecule has 0 aliphatic heterocycles. The second-order valence-electron chi connectivity index (χ2n) is 1.97. The Morgan fingerprint density at radius 2 is 2.23 bits per heavy atom. The molecule has 0 saturated heterocycles. The van der Waals surface area contributed by atoms with Crippen molar-refractivity contribution in [1.82, 2.24) is 0 Å². The summed E-state index contributed by atoms with van der Waals surface area (Å²) in [6.07, 6.45) is 0. The van der Waals surface area contributed by atoms with Gasteiger partial charge in [0.15, 0.2) is 12.4 Å². The number of thiophene rings is 1. The van der Waals surface area contributed by atoms with Crippen molar-refractivity contribution in [2.45, 2.75) is 0 Å². The van der Waals surface area contributed by atoms with Crippen LogP contribution in [0.4, 0.5) is 0 Å². The van der Waals surface area contributed by atoms with Crippen molar-refractivity contribution in [1.29, 1.82) is 0 Å². The van der Waals surface area contributed by atoms with E-state index in [-0.39, 0.29) is 5.75 Å². The molecule has 0 atom stereocenters. The minimum absolute atomic E-state index is 0.211. The van der Waals surface area contributed by atoms with Gasteiger partial charge < -0.3 is 9.84 Å². The Balaban J connectivity index is 2.81. The molecule has 0 spiro atoms. The van der Waals surface area contributed by atoms with E-state index in [9.17, 15) is 4.79 Å². The summed E-state index contributed by atoms with van der Waals surface area (Å²) in [5, 5.41) is 8.65. The van der Waals surface area contributed by atoms with Gasteiger partial charge in [-0.2, -0.15) is 0 Å². The first-order chi connectivity index (χ1) is 6.02. The summed E-state index contributed by atoms with van der Waals surface area (Å²) in [6, 6.07) is 0. The molecule has 1 aromatic heterocycles. The summed E-state index contributed by atoms with van der Waals surface area (Å²) < 4.78 is 5.82. The van der Waals surface area contributed by atoms with Crippen molar-refractivity contribution >= 4 is 56.4 Å². The monoisotopic (exact) mass is 304 g/mol. The summed E-state index contributed by atoms with van der Waals surface area (Å²) in [6.45, 7) is -0.456. The number of aliphatic carboxylic acids is 1. The highest BCUT2D eigenvalue weighted by molar-refractivity contribution is 9.11. The van der Waals surface area contributed by atoms with E-state index in [1.54, 1.807) is 0 Å². The standard InChI is InChI=1S/C6H3BrCl2O3S/c7-5-3(8)4(6(9)13-5)12-1-2(10)11/h1H2,(H,10,11). The van der Waals surface area contributed by atoms with Gasteiger partial charge in [0.25, 0.3) is 0 Å². The van der Waals surface area contributed by atoms with Crippen molar-refractivity contribution in [2.75, 3.05) is 6.61 Å². The highest BCUT2D eigenvalue weighted by Gasteiger charge is 2.15. The Morgan fingerprint density at radius 1 is 1.62 bits per heavy atom. The van der Waals surface area contributed by atoms with E-state index in [4.69, 9.17) is 33.0 Å². The van der Waals surface area contributed by atoms with Crippen LogP contribution in [-0.4, -0.2) is 17.7 Å². The van der Waals surface area contributed by atoms with Crippen molar-refractivity contribution in [2.24, 2.45) is 0 Å². The summed E-state index contributed by atoms with van der Waals surface area (Å²) in [7, 11) is 0. The molecule has 13 heavy (non-hydrogen) atoms. The average Bonchev–Trinajstić information content (AvgIpc) is 2.24. The molecule has 1 aromatic rings. The van der Waals surface area contributed by atoms with E-state index >= 15 is 0 Å². The smallest absolute Gasteiger partial charge is 0.341 e. The molecule has 0 fully saturated rings. The molecular formula is C6H3BrCl2O3S. The molecule has 0 unspecified atom stereocenters. The quantitative estimate of drug-likeness (QED) is 0.932. The van der Waals surface area contributed by atoms with Gasteiger partial charge in [-0.1, -0.05) is 23.2 Å². The number of carboxylic acid groups (broad SMARTS) is 1. The van der Waals surface area contributed by atoms with Crippen molar-refractivity contribution < 1.29 is 14.6 Å². The van der Waals surface area contributed by atoms with E-state index in [0.29, 0.717) is 13.1 Å². The number of hydrogen-bond donors (Lipinski definition) is 1. The minimum Gasteiger partial charge on any atom is -0.479 e. The molecule has 7 heteroatoms. The Kier molecular flexibility index (Phi) is 3.85. The first-order valence-electron chi connectivity index (χ1n) is 3.00. The van der Waals surface area contributed by atoms with Gasteiger partial charge in [-0.3, -0.25) is 0 Å². The molecule has 0 bridgehead atoms. The Labute approximate surface area is 96.3 Å². The van der Waals surface area contributed by atoms with Crippen molar-refractivity contribution in [3.63, 3.8) is 0 Å². The third-order valence-corrected chi connectivity index (χ3v) is 3.80. The lowest BCUT2D eigenvalue weighted by Crippen LogP contribution is -2.09. The molecule has 3 nitrogen and oxygen atoms in total. The topological polar surface area (TPSA) is 46.5 Å². The summed E-state index contributed by atoms with van der Waals surface area (Å²) in [5.41, 5.74) is 0. The molecule has 1 N–H and O–H groups in total. The third-order valence-electron chi connectivity index (χ3n) is 1.07. The highest BCUT2D eigenvalue weighted by Crippen LogP contribution is 2.45. The van der Waals surface area contributed by atoms with E-state index in [1.807, 2.05) is 0 Å². The largest absolute Gasteiger partial charge is 0.479 e. The van der Waals surface area contributed by atoms with Crippen LogP contribution in [0.25, 0.3) is 0 Å². The number of carbonyl (C=O) groups is 1. The normalized spacial score (nSPS) is 10.1. The summed E-state index contributed by atoms with van der Waals surface area (Å²) in [5.74, 6) is -0.864. The first-order valence-corrected chi connectivity index (χ1v) is 5.36. The Hall–Kier alpha value is 0.0300. The zero-order valence-corrected chi connectivity index (χ0v) is 9.93. The molecule has 0 radical (unpaired) electrons. The van der Waals surface area contributed by atoms with Gasteiger partial charge in [0, 0.05) is 0 Å². The second-order valence-corrected chi connectivity index (χ2v) is 5.29. The third kappa shape index (κ3) is 2.74. The van der Waals surface area contributed by atoms with Crippen LogP contribution in [0.5, 0.6) is 5.75 Å². The zero-order valence-electron chi connectivity index (χ0n) is 6.01. The van der Waals surface area contributed by atoms with Crippen LogP contribution < -0.4 is 4.74 Å². The molecule has 0 saturated carbocycles. The van der Waals surface area contributed by atoms with Crippen LogP contribution in [0.2, 0.25) is 9.36 Å². The molecule has 0 amide bonds. The number of ether oxygens (including phenoxy) is 1. The lowest BCUT2D eigenvalue weighted by molar-refractivity contribution is -0.139. The summed E-state index contributed by atoms with van der Waals surface area (Å²) in [4.78, 5) is 10.2. The molecule has 1 heterocycles. The van der Waals surface area contributed by atoms with Crippen molar-refractivity contribution in [3.8, 4) is 5.75 Å². The average molecular weight is 306 g/mol. The van der Waals surface area contributed by atoms with E-state index in [2.05, 4.69) is 15.9 Å². The predicted molar refractivity (Wildman–Crippen MR) is 55.2 cm³/mol. The number of halogens is 3. The molecule has 0 aromatic carbocycles. The molecule has 0 aliphatic rings. The van der Waals surface area contributed by atoms with E-state index in [1.165, 1.54) is 11.3 Å². The van der Waals surface area contributed by atoms with Crippen LogP contribution in [0, 0.1) is 0 Å². The fraction of sp³-hybridized carbons (Fsp3) is 0.167. The number of rotatable bonds is 3. The van der Waals surface area contributed by atoms with Crippen LogP contribution in [-0.2, 0) is 4.79 Å². The van der Waals surface area contributed by atoms with Gasteiger partial charge >= 0.3 is 5.97 Å². The first kappa shape index (κ1) is 11.1. The number of hydrogen-bond acceptors (Lipinski definition) is 3. The van der Waals surface area contributed by atoms with Crippen LogP contribution in [0.1, 0.15) is 0 Å². The van der Waals surface area contributed by atoms with Crippen LogP contribution in [0.3, 0.4) is 0 Å². The van der Waals surface area contributed by atoms with E-state index in [0.717, 1.165) is 0 Å². The van der Waals surface area contributed by atoms with Gasteiger partial charge in [-0.25, -0.2) is 4.79 Å².